The molecule has 0 spiro atoms. The Hall–Kier alpha value is -3.13. The molecule has 0 bridgehead atoms. The van der Waals surface area contributed by atoms with Crippen LogP contribution in [0.25, 0.3) is 5.82 Å². The Morgan fingerprint density at radius 1 is 1.18 bits per heavy atom. The Kier molecular flexibility index (Phi) is 5.38. The molecule has 2 amide bonds. The van der Waals surface area contributed by atoms with Crippen LogP contribution in [0.2, 0.25) is 5.02 Å². The molecule has 8 nitrogen and oxygen atoms in total. The summed E-state index contributed by atoms with van der Waals surface area (Å²) in [7, 11) is 0. The van der Waals surface area contributed by atoms with Crippen LogP contribution in [0.15, 0.2) is 55.4 Å². The zero-order valence-corrected chi connectivity index (χ0v) is 15.9. The molecule has 0 aliphatic carbocycles. The van der Waals surface area contributed by atoms with Crippen LogP contribution in [-0.2, 0) is 6.54 Å². The molecule has 3 aromatic rings. The summed E-state index contributed by atoms with van der Waals surface area (Å²) in [5.41, 5.74) is 0.906. The average Bonchev–Trinajstić information content (AvgIpc) is 3.39. The Labute approximate surface area is 167 Å². The summed E-state index contributed by atoms with van der Waals surface area (Å²) >= 11 is 6.22. The van der Waals surface area contributed by atoms with Gasteiger partial charge < -0.3 is 15.5 Å². The van der Waals surface area contributed by atoms with E-state index in [1.807, 2.05) is 35.0 Å². The summed E-state index contributed by atoms with van der Waals surface area (Å²) in [6, 6.07) is 7.24. The van der Waals surface area contributed by atoms with Crippen molar-refractivity contribution < 1.29 is 4.79 Å². The number of carbonyl (C=O) groups is 1. The largest absolute Gasteiger partial charge is 0.353 e. The lowest BCUT2D eigenvalue weighted by Crippen LogP contribution is -2.43. The molecular formula is C19H20ClN7O. The zero-order valence-electron chi connectivity index (χ0n) is 15.1. The van der Waals surface area contributed by atoms with Crippen molar-refractivity contribution in [2.45, 2.75) is 19.0 Å². The van der Waals surface area contributed by atoms with Crippen LogP contribution in [0, 0.1) is 0 Å². The Morgan fingerprint density at radius 2 is 2.00 bits per heavy atom. The molecule has 1 unspecified atom stereocenters. The van der Waals surface area contributed by atoms with Crippen molar-refractivity contribution >= 4 is 23.4 Å². The second-order valence-corrected chi connectivity index (χ2v) is 6.93. The van der Waals surface area contributed by atoms with Crippen LogP contribution in [0.4, 0.5) is 10.6 Å². The fourth-order valence-electron chi connectivity index (χ4n) is 3.28. The molecule has 1 fully saturated rings. The molecule has 1 aliphatic heterocycles. The Balaban J connectivity index is 1.32. The Bertz CT molecular complexity index is 947. The number of nitrogens with zero attached hydrogens (tertiary/aromatic N) is 5. The molecule has 28 heavy (non-hydrogen) atoms. The van der Waals surface area contributed by atoms with Gasteiger partial charge in [-0.3, -0.25) is 4.57 Å². The molecule has 4 heterocycles. The number of urea groups is 1. The van der Waals surface area contributed by atoms with Crippen molar-refractivity contribution in [3.63, 3.8) is 0 Å². The highest BCUT2D eigenvalue weighted by atomic mass is 35.5. The summed E-state index contributed by atoms with van der Waals surface area (Å²) in [6.07, 6.45) is 9.48. The summed E-state index contributed by atoms with van der Waals surface area (Å²) in [5, 5.41) is 6.55. The maximum Gasteiger partial charge on any atom is 0.315 e. The van der Waals surface area contributed by atoms with E-state index in [1.54, 1.807) is 24.9 Å². The van der Waals surface area contributed by atoms with Gasteiger partial charge in [-0.25, -0.2) is 19.7 Å². The van der Waals surface area contributed by atoms with Crippen LogP contribution in [0.1, 0.15) is 12.0 Å². The lowest BCUT2D eigenvalue weighted by molar-refractivity contribution is 0.237. The highest BCUT2D eigenvalue weighted by Gasteiger charge is 2.26. The maximum atomic E-state index is 12.4. The van der Waals surface area contributed by atoms with Crippen LogP contribution in [-0.4, -0.2) is 44.7 Å². The number of aromatic nitrogens is 4. The van der Waals surface area contributed by atoms with Gasteiger partial charge in [0.1, 0.15) is 18.0 Å². The molecule has 9 heteroatoms. The van der Waals surface area contributed by atoms with Crippen LogP contribution < -0.4 is 15.5 Å². The van der Waals surface area contributed by atoms with Crippen LogP contribution in [0.5, 0.6) is 0 Å². The van der Waals surface area contributed by atoms with Gasteiger partial charge in [0, 0.05) is 56.0 Å². The number of hydrogen-bond acceptors (Lipinski definition) is 5. The molecule has 2 N–H and O–H groups in total. The minimum atomic E-state index is -0.209. The number of amides is 2. The second kappa shape index (κ2) is 8.26. The predicted molar refractivity (Wildman–Crippen MR) is 107 cm³/mol. The first-order valence-corrected chi connectivity index (χ1v) is 9.40. The molecule has 1 saturated heterocycles. The topological polar surface area (TPSA) is 88.0 Å². The number of carbonyl (C=O) groups excluding carboxylic acids is 1. The predicted octanol–water partition coefficient (Wildman–Crippen LogP) is 2.39. The smallest absolute Gasteiger partial charge is 0.315 e. The third-order valence-electron chi connectivity index (χ3n) is 4.62. The monoisotopic (exact) mass is 397 g/mol. The number of pyridine rings is 2. The van der Waals surface area contributed by atoms with E-state index in [-0.39, 0.29) is 12.1 Å². The number of hydrogen-bond donors (Lipinski definition) is 2. The summed E-state index contributed by atoms with van der Waals surface area (Å²) < 4.78 is 1.82. The summed E-state index contributed by atoms with van der Waals surface area (Å²) in [5.74, 6) is 1.51. The molecule has 0 radical (unpaired) electrons. The molecule has 3 aromatic heterocycles. The van der Waals surface area contributed by atoms with Crippen molar-refractivity contribution in [2.24, 2.45) is 0 Å². The standard InChI is InChI=1S/C19H20ClN7O/c20-16-4-2-7-23-18(16)26-9-5-15(12-26)25-19(28)24-11-14-3-1-6-22-17(14)27-10-8-21-13-27/h1-4,6-8,10,13,15H,5,9,11-12H2,(H2,24,25,28). The molecular weight excluding hydrogens is 378 g/mol. The number of nitrogens with one attached hydrogen (secondary N) is 2. The average molecular weight is 398 g/mol. The van der Waals surface area contributed by atoms with E-state index in [0.29, 0.717) is 18.1 Å². The SMILES string of the molecule is O=C(NCc1cccnc1-n1ccnc1)NC1CCN(c2ncccc2Cl)C1. The van der Waals surface area contributed by atoms with Gasteiger partial charge in [-0.15, -0.1) is 0 Å². The van der Waals surface area contributed by atoms with Gasteiger partial charge in [0.15, 0.2) is 0 Å². The minimum Gasteiger partial charge on any atom is -0.353 e. The molecule has 144 valence electrons. The van der Waals surface area contributed by atoms with Crippen LogP contribution >= 0.6 is 11.6 Å². The van der Waals surface area contributed by atoms with E-state index in [2.05, 4.69) is 30.5 Å². The highest BCUT2D eigenvalue weighted by molar-refractivity contribution is 6.32. The quantitative estimate of drug-likeness (QED) is 0.690. The highest BCUT2D eigenvalue weighted by Crippen LogP contribution is 2.25. The van der Waals surface area contributed by atoms with Gasteiger partial charge in [0.2, 0.25) is 0 Å². The van der Waals surface area contributed by atoms with Gasteiger partial charge >= 0.3 is 6.03 Å². The fourth-order valence-corrected chi connectivity index (χ4v) is 3.52. The van der Waals surface area contributed by atoms with E-state index in [9.17, 15) is 4.79 Å². The number of rotatable bonds is 5. The van der Waals surface area contributed by atoms with Crippen molar-refractivity contribution in [3.05, 3.63) is 66.0 Å². The second-order valence-electron chi connectivity index (χ2n) is 6.52. The Morgan fingerprint density at radius 3 is 2.79 bits per heavy atom. The molecule has 1 aliphatic rings. The van der Waals surface area contributed by atoms with E-state index in [0.717, 1.165) is 30.2 Å². The molecule has 1 atom stereocenters. The van der Waals surface area contributed by atoms with Crippen molar-refractivity contribution in [1.82, 2.24) is 30.2 Å². The van der Waals surface area contributed by atoms with Crippen molar-refractivity contribution in [1.29, 1.82) is 0 Å². The van der Waals surface area contributed by atoms with E-state index in [1.165, 1.54) is 0 Å². The van der Waals surface area contributed by atoms with Gasteiger partial charge in [0.25, 0.3) is 0 Å². The van der Waals surface area contributed by atoms with Crippen molar-refractivity contribution in [3.8, 4) is 5.82 Å². The first-order valence-electron chi connectivity index (χ1n) is 9.03. The summed E-state index contributed by atoms with van der Waals surface area (Å²) in [4.78, 5) is 27.2. The minimum absolute atomic E-state index is 0.0418. The molecule has 4 rings (SSSR count). The van der Waals surface area contributed by atoms with Gasteiger partial charge in [-0.2, -0.15) is 0 Å². The van der Waals surface area contributed by atoms with Crippen LogP contribution in [0.3, 0.4) is 0 Å². The number of imidazole rings is 1. The van der Waals surface area contributed by atoms with Gasteiger partial charge in [0.05, 0.1) is 5.02 Å². The molecule has 0 saturated carbocycles. The van der Waals surface area contributed by atoms with E-state index >= 15 is 0 Å². The lowest BCUT2D eigenvalue weighted by atomic mass is 10.2. The third-order valence-corrected chi connectivity index (χ3v) is 4.91. The fraction of sp³-hybridized carbons (Fsp3) is 0.263. The van der Waals surface area contributed by atoms with E-state index < -0.39 is 0 Å². The number of halogens is 1. The number of anilines is 1. The normalized spacial score (nSPS) is 16.2. The molecule has 0 aromatic carbocycles. The zero-order chi connectivity index (χ0) is 19.3. The first kappa shape index (κ1) is 18.2. The van der Waals surface area contributed by atoms with Gasteiger partial charge in [-0.1, -0.05) is 17.7 Å². The summed E-state index contributed by atoms with van der Waals surface area (Å²) in [6.45, 7) is 1.85. The van der Waals surface area contributed by atoms with Crippen molar-refractivity contribution in [2.75, 3.05) is 18.0 Å². The van der Waals surface area contributed by atoms with Gasteiger partial charge in [-0.05, 0) is 24.6 Å². The third kappa shape index (κ3) is 4.07. The maximum absolute atomic E-state index is 12.4. The van der Waals surface area contributed by atoms with E-state index in [4.69, 9.17) is 11.6 Å². The lowest BCUT2D eigenvalue weighted by Gasteiger charge is -2.19. The first-order chi connectivity index (χ1) is 13.7.